The van der Waals surface area contributed by atoms with Crippen LogP contribution in [0, 0.1) is 13.8 Å². The van der Waals surface area contributed by atoms with Crippen molar-refractivity contribution in [3.8, 4) is 0 Å². The van der Waals surface area contributed by atoms with Gasteiger partial charge in [-0.3, -0.25) is 0 Å². The lowest BCUT2D eigenvalue weighted by atomic mass is 9.79. The van der Waals surface area contributed by atoms with Crippen molar-refractivity contribution in [3.63, 3.8) is 0 Å². The van der Waals surface area contributed by atoms with Gasteiger partial charge in [0.15, 0.2) is 0 Å². The molecule has 0 fully saturated rings. The van der Waals surface area contributed by atoms with Gasteiger partial charge >= 0.3 is 0 Å². The van der Waals surface area contributed by atoms with E-state index in [1.807, 2.05) is 6.07 Å². The molecule has 0 saturated carbocycles. The molecule has 0 aromatic heterocycles. The van der Waals surface area contributed by atoms with E-state index in [4.69, 9.17) is 0 Å². The molecule has 0 heteroatoms. The first-order chi connectivity index (χ1) is 11.2. The van der Waals surface area contributed by atoms with Crippen LogP contribution in [-0.2, 0) is 11.8 Å². The van der Waals surface area contributed by atoms with Gasteiger partial charge in [0.05, 0.1) is 0 Å². The fourth-order valence-corrected chi connectivity index (χ4v) is 3.54. The van der Waals surface area contributed by atoms with E-state index in [0.29, 0.717) is 0 Å². The van der Waals surface area contributed by atoms with Gasteiger partial charge in [-0.2, -0.15) is 0 Å². The summed E-state index contributed by atoms with van der Waals surface area (Å²) in [7, 11) is 0. The van der Waals surface area contributed by atoms with E-state index in [2.05, 4.69) is 90.6 Å². The highest BCUT2D eigenvalue weighted by Gasteiger charge is 2.20. The Balaban J connectivity index is 2.33. The van der Waals surface area contributed by atoms with Crippen molar-refractivity contribution in [2.75, 3.05) is 0 Å². The Morgan fingerprint density at radius 2 is 1.67 bits per heavy atom. The first-order valence-corrected chi connectivity index (χ1v) is 8.72. The van der Waals surface area contributed by atoms with Crippen molar-refractivity contribution in [1.29, 1.82) is 0 Å². The molecule has 2 rings (SSSR count). The Labute approximate surface area is 147 Å². The molecular formula is C24H30. The van der Waals surface area contributed by atoms with E-state index < -0.39 is 0 Å². The molecule has 0 spiro atoms. The van der Waals surface area contributed by atoms with Crippen LogP contribution in [0.2, 0.25) is 0 Å². The maximum absolute atomic E-state index is 4.28. The second-order valence-corrected chi connectivity index (χ2v) is 7.80. The number of rotatable bonds is 4. The normalized spacial score (nSPS) is 12.3. The summed E-state index contributed by atoms with van der Waals surface area (Å²) in [6.45, 7) is 17.7. The fourth-order valence-electron chi connectivity index (χ4n) is 3.54. The number of benzene rings is 2. The lowest BCUT2D eigenvalue weighted by Gasteiger charge is -2.26. The highest BCUT2D eigenvalue weighted by Crippen LogP contribution is 2.31. The summed E-state index contributed by atoms with van der Waals surface area (Å²) in [5, 5.41) is 0. The number of hydrogen-bond acceptors (Lipinski definition) is 0. The molecular weight excluding hydrogens is 288 g/mol. The molecule has 2 aromatic carbocycles. The van der Waals surface area contributed by atoms with Gasteiger partial charge in [0.1, 0.15) is 0 Å². The average molecular weight is 319 g/mol. The van der Waals surface area contributed by atoms with E-state index in [0.717, 1.165) is 12.0 Å². The van der Waals surface area contributed by atoms with Gasteiger partial charge in [-0.1, -0.05) is 81.5 Å². The quantitative estimate of drug-likeness (QED) is 0.544. The first kappa shape index (κ1) is 18.3. The predicted molar refractivity (Wildman–Crippen MR) is 108 cm³/mol. The predicted octanol–water partition coefficient (Wildman–Crippen LogP) is 6.80. The largest absolute Gasteiger partial charge is 0.0909 e. The van der Waals surface area contributed by atoms with Crippen molar-refractivity contribution in [2.24, 2.45) is 0 Å². The zero-order chi connectivity index (χ0) is 17.9. The number of hydrogen-bond donors (Lipinski definition) is 0. The molecule has 0 nitrogen and oxygen atoms in total. The molecule has 0 heterocycles. The van der Waals surface area contributed by atoms with E-state index in [1.165, 1.54) is 33.4 Å². The number of allylic oxidation sites excluding steroid dienone is 3. The Kier molecular flexibility index (Phi) is 5.49. The van der Waals surface area contributed by atoms with Crippen LogP contribution in [0.3, 0.4) is 0 Å². The van der Waals surface area contributed by atoms with Gasteiger partial charge < -0.3 is 0 Å². The minimum Gasteiger partial charge on any atom is -0.0909 e. The molecule has 0 N–H and O–H groups in total. The Hall–Kier alpha value is -2.08. The van der Waals surface area contributed by atoms with E-state index in [-0.39, 0.29) is 5.41 Å². The van der Waals surface area contributed by atoms with E-state index >= 15 is 0 Å². The van der Waals surface area contributed by atoms with Crippen molar-refractivity contribution in [2.45, 2.75) is 53.4 Å². The maximum Gasteiger partial charge on any atom is -0.00884 e. The zero-order valence-electron chi connectivity index (χ0n) is 16.0. The lowest BCUT2D eigenvalue weighted by molar-refractivity contribution is 0.580. The summed E-state index contributed by atoms with van der Waals surface area (Å²) in [5.41, 5.74) is 9.35. The van der Waals surface area contributed by atoms with Crippen LogP contribution in [0.25, 0.3) is 5.57 Å². The summed E-state index contributed by atoms with van der Waals surface area (Å²) >= 11 is 0. The summed E-state index contributed by atoms with van der Waals surface area (Å²) in [6, 6.07) is 15.0. The smallest absolute Gasteiger partial charge is 0.00884 e. The van der Waals surface area contributed by atoms with Crippen molar-refractivity contribution in [1.82, 2.24) is 0 Å². The second-order valence-electron chi connectivity index (χ2n) is 7.80. The molecule has 0 bridgehead atoms. The van der Waals surface area contributed by atoms with Crippen LogP contribution in [-0.4, -0.2) is 0 Å². The van der Waals surface area contributed by atoms with Crippen molar-refractivity contribution in [3.05, 3.63) is 88.5 Å². The lowest BCUT2D eigenvalue weighted by Crippen LogP contribution is -2.16. The first-order valence-electron chi connectivity index (χ1n) is 8.72. The molecule has 0 aliphatic rings. The summed E-state index contributed by atoms with van der Waals surface area (Å²) in [5.74, 6) is 0. The molecule has 0 amide bonds. The molecule has 126 valence electrons. The molecule has 0 aliphatic carbocycles. The molecule has 2 aromatic rings. The highest BCUT2D eigenvalue weighted by molar-refractivity contribution is 5.76. The van der Waals surface area contributed by atoms with Crippen molar-refractivity contribution < 1.29 is 0 Å². The Morgan fingerprint density at radius 1 is 1.04 bits per heavy atom. The Bertz CT molecular complexity index is 753. The van der Waals surface area contributed by atoms with Crippen LogP contribution in [0.1, 0.15) is 55.5 Å². The van der Waals surface area contributed by atoms with Gasteiger partial charge in [0.25, 0.3) is 0 Å². The second kappa shape index (κ2) is 7.21. The van der Waals surface area contributed by atoms with E-state index in [1.54, 1.807) is 0 Å². The topological polar surface area (TPSA) is 0 Å². The fraction of sp³-hybridized carbons (Fsp3) is 0.333. The van der Waals surface area contributed by atoms with Gasteiger partial charge in [-0.05, 0) is 66.0 Å². The summed E-state index contributed by atoms with van der Waals surface area (Å²) in [4.78, 5) is 0. The minimum absolute atomic E-state index is 0.158. The van der Waals surface area contributed by atoms with E-state index in [9.17, 15) is 0 Å². The van der Waals surface area contributed by atoms with Crippen LogP contribution >= 0.6 is 0 Å². The monoisotopic (exact) mass is 318 g/mol. The SMILES string of the molecule is C=C(/C(C)=C\Cc1cc(C)cc(C)c1C(C)(C)C)c1ccccc1. The molecule has 0 saturated heterocycles. The molecule has 0 unspecified atom stereocenters. The van der Waals surface area contributed by atoms with Gasteiger partial charge in [-0.15, -0.1) is 0 Å². The van der Waals surface area contributed by atoms with Gasteiger partial charge in [0.2, 0.25) is 0 Å². The van der Waals surface area contributed by atoms with Crippen LogP contribution in [0.5, 0.6) is 0 Å². The minimum atomic E-state index is 0.158. The summed E-state index contributed by atoms with van der Waals surface area (Å²) < 4.78 is 0. The molecule has 0 atom stereocenters. The molecule has 0 aliphatic heterocycles. The average Bonchev–Trinajstić information content (AvgIpc) is 2.50. The Morgan fingerprint density at radius 3 is 2.25 bits per heavy atom. The van der Waals surface area contributed by atoms with Crippen LogP contribution in [0.4, 0.5) is 0 Å². The zero-order valence-corrected chi connectivity index (χ0v) is 16.0. The third kappa shape index (κ3) is 4.26. The molecule has 0 radical (unpaired) electrons. The maximum atomic E-state index is 4.28. The van der Waals surface area contributed by atoms with Crippen LogP contribution in [0.15, 0.2) is 60.7 Å². The third-order valence-corrected chi connectivity index (χ3v) is 4.54. The van der Waals surface area contributed by atoms with Gasteiger partial charge in [-0.25, -0.2) is 0 Å². The van der Waals surface area contributed by atoms with Crippen molar-refractivity contribution >= 4 is 5.57 Å². The van der Waals surface area contributed by atoms with Crippen LogP contribution < -0.4 is 0 Å². The standard InChI is InChI=1S/C24H30/c1-17-15-19(3)23(24(5,6)7)22(16-17)14-13-18(2)20(4)21-11-9-8-10-12-21/h8-13,15-16H,4,14H2,1-3,5-7H3/b18-13-. The third-order valence-electron chi connectivity index (χ3n) is 4.54. The number of aryl methyl sites for hydroxylation is 2. The summed E-state index contributed by atoms with van der Waals surface area (Å²) in [6.07, 6.45) is 3.27. The van der Waals surface area contributed by atoms with Gasteiger partial charge in [0, 0.05) is 0 Å². The molecule has 24 heavy (non-hydrogen) atoms. The highest BCUT2D eigenvalue weighted by atomic mass is 14.2.